The Morgan fingerprint density at radius 1 is 0.902 bits per heavy atom. The number of urea groups is 1. The second-order valence-electron chi connectivity index (χ2n) is 9.24. The molecule has 0 aliphatic rings. The van der Waals surface area contributed by atoms with E-state index in [4.69, 9.17) is 4.74 Å². The predicted molar refractivity (Wildman–Crippen MR) is 163 cm³/mol. The quantitative estimate of drug-likeness (QED) is 0.153. The van der Waals surface area contributed by atoms with Crippen molar-refractivity contribution >= 4 is 56.1 Å². The number of amides is 4. The minimum Gasteiger partial charge on any atom is -0.447 e. The van der Waals surface area contributed by atoms with Gasteiger partial charge >= 0.3 is 12.1 Å². The van der Waals surface area contributed by atoms with Crippen molar-refractivity contribution in [3.05, 3.63) is 101 Å². The molecule has 3 aromatic carbocycles. The van der Waals surface area contributed by atoms with Crippen molar-refractivity contribution in [2.24, 2.45) is 0 Å². The van der Waals surface area contributed by atoms with E-state index in [9.17, 15) is 14.4 Å². The molecule has 41 heavy (non-hydrogen) atoms. The summed E-state index contributed by atoms with van der Waals surface area (Å²) in [5, 5.41) is 10.1. The third-order valence-corrected chi connectivity index (χ3v) is 6.63. The van der Waals surface area contributed by atoms with E-state index in [-0.39, 0.29) is 32.1 Å². The molecule has 0 radical (unpaired) electrons. The number of rotatable bonds is 11. The fraction of sp³-hybridized carbons (Fsp3) is 0.226. The summed E-state index contributed by atoms with van der Waals surface area (Å²) in [6.07, 6.45) is 4.11. The highest BCUT2D eigenvalue weighted by Gasteiger charge is 2.21. The zero-order chi connectivity index (χ0) is 29.0. The Morgan fingerprint density at radius 2 is 1.63 bits per heavy atom. The molecule has 212 valence electrons. The van der Waals surface area contributed by atoms with Gasteiger partial charge in [0.15, 0.2) is 12.4 Å². The Morgan fingerprint density at radius 3 is 2.44 bits per heavy atom. The third-order valence-electron chi connectivity index (χ3n) is 6.20. The van der Waals surface area contributed by atoms with Crippen molar-refractivity contribution < 1.29 is 23.7 Å². The predicted octanol–water partition coefficient (Wildman–Crippen LogP) is 5.49. The average molecular weight is 620 g/mol. The monoisotopic (exact) mass is 618 g/mol. The zero-order valence-electron chi connectivity index (χ0n) is 22.8. The molecule has 4 rings (SSSR count). The molecular weight excluding hydrogens is 586 g/mol. The summed E-state index contributed by atoms with van der Waals surface area (Å²) in [6.45, 7) is 3.49. The van der Waals surface area contributed by atoms with Gasteiger partial charge in [0, 0.05) is 30.6 Å². The highest BCUT2D eigenvalue weighted by molar-refractivity contribution is 9.10. The first-order chi connectivity index (χ1) is 19.9. The van der Waals surface area contributed by atoms with Crippen LogP contribution in [-0.4, -0.2) is 44.3 Å². The average Bonchev–Trinajstić information content (AvgIpc) is 2.98. The van der Waals surface area contributed by atoms with Crippen molar-refractivity contribution in [1.82, 2.24) is 10.6 Å². The number of nitrogens with one attached hydrogen (secondary N) is 3. The second kappa shape index (κ2) is 14.8. The first-order valence-electron chi connectivity index (χ1n) is 13.4. The van der Waals surface area contributed by atoms with Gasteiger partial charge in [0.25, 0.3) is 5.91 Å². The van der Waals surface area contributed by atoms with E-state index in [2.05, 4.69) is 38.8 Å². The van der Waals surface area contributed by atoms with Gasteiger partial charge in [0.05, 0.1) is 16.7 Å². The molecule has 1 aromatic heterocycles. The Labute approximate surface area is 247 Å². The SMILES string of the molecule is CCC[n+]1cc(Br)cc(C(=O)N(CCNC(=O)NCCOC(=O)Nc2cccc3ccccc23)c2ccccc2)c1. The van der Waals surface area contributed by atoms with Gasteiger partial charge in [-0.15, -0.1) is 0 Å². The molecule has 4 amide bonds. The molecule has 4 aromatic rings. The number of aromatic nitrogens is 1. The van der Waals surface area contributed by atoms with Crippen LogP contribution in [0.4, 0.5) is 21.0 Å². The summed E-state index contributed by atoms with van der Waals surface area (Å²) in [4.78, 5) is 39.7. The highest BCUT2D eigenvalue weighted by Crippen LogP contribution is 2.23. The van der Waals surface area contributed by atoms with Crippen molar-refractivity contribution in [2.75, 3.05) is 36.5 Å². The fourth-order valence-electron chi connectivity index (χ4n) is 4.35. The van der Waals surface area contributed by atoms with Crippen molar-refractivity contribution in [3.8, 4) is 0 Å². The van der Waals surface area contributed by atoms with Crippen LogP contribution in [0.25, 0.3) is 10.8 Å². The maximum atomic E-state index is 13.5. The van der Waals surface area contributed by atoms with Crippen molar-refractivity contribution in [1.29, 1.82) is 0 Å². The smallest absolute Gasteiger partial charge is 0.411 e. The van der Waals surface area contributed by atoms with Crippen molar-refractivity contribution in [3.63, 3.8) is 0 Å². The van der Waals surface area contributed by atoms with E-state index in [1.165, 1.54) is 0 Å². The lowest BCUT2D eigenvalue weighted by atomic mass is 10.1. The second-order valence-corrected chi connectivity index (χ2v) is 10.2. The third kappa shape index (κ3) is 8.52. The number of hydrogen-bond donors (Lipinski definition) is 3. The van der Waals surface area contributed by atoms with Crippen LogP contribution in [0.2, 0.25) is 0 Å². The molecule has 9 nitrogen and oxygen atoms in total. The van der Waals surface area contributed by atoms with Gasteiger partial charge < -0.3 is 20.3 Å². The van der Waals surface area contributed by atoms with Gasteiger partial charge in [-0.2, -0.15) is 0 Å². The maximum absolute atomic E-state index is 13.5. The molecule has 0 saturated carbocycles. The van der Waals surface area contributed by atoms with Crippen LogP contribution in [-0.2, 0) is 11.3 Å². The molecule has 0 aliphatic heterocycles. The largest absolute Gasteiger partial charge is 0.447 e. The summed E-state index contributed by atoms with van der Waals surface area (Å²) < 4.78 is 8.01. The lowest BCUT2D eigenvalue weighted by molar-refractivity contribution is -0.697. The number of ether oxygens (including phenoxy) is 1. The normalized spacial score (nSPS) is 10.6. The topological polar surface area (TPSA) is 104 Å². The molecule has 0 bridgehead atoms. The Balaban J connectivity index is 1.25. The van der Waals surface area contributed by atoms with Crippen LogP contribution in [0.5, 0.6) is 0 Å². The Kier molecular flexibility index (Phi) is 10.7. The van der Waals surface area contributed by atoms with E-state index in [0.717, 1.165) is 33.9 Å². The number of halogens is 1. The van der Waals surface area contributed by atoms with Crippen LogP contribution in [0.1, 0.15) is 23.7 Å². The van der Waals surface area contributed by atoms with Crippen LogP contribution in [0.15, 0.2) is 95.7 Å². The van der Waals surface area contributed by atoms with Gasteiger partial charge in [0.1, 0.15) is 18.7 Å². The molecule has 0 spiro atoms. The number of nitrogens with zero attached hydrogens (tertiary/aromatic N) is 2. The van der Waals surface area contributed by atoms with Gasteiger partial charge in [-0.3, -0.25) is 10.1 Å². The first kappa shape index (κ1) is 29.5. The summed E-state index contributed by atoms with van der Waals surface area (Å²) >= 11 is 3.50. The van der Waals surface area contributed by atoms with E-state index < -0.39 is 12.1 Å². The lowest BCUT2D eigenvalue weighted by Crippen LogP contribution is -2.43. The minimum atomic E-state index is -0.603. The van der Waals surface area contributed by atoms with E-state index >= 15 is 0 Å². The molecule has 0 atom stereocenters. The fourth-order valence-corrected chi connectivity index (χ4v) is 4.86. The molecular formula is C31H33BrN5O4+. The van der Waals surface area contributed by atoms with Crippen LogP contribution < -0.4 is 25.4 Å². The van der Waals surface area contributed by atoms with Crippen molar-refractivity contribution in [2.45, 2.75) is 19.9 Å². The zero-order valence-corrected chi connectivity index (χ0v) is 24.4. The summed E-state index contributed by atoms with van der Waals surface area (Å²) in [5.74, 6) is -0.171. The number of carbonyl (C=O) groups excluding carboxylic acids is 3. The Hall–Kier alpha value is -4.44. The molecule has 0 unspecified atom stereocenters. The molecule has 10 heteroatoms. The number of aryl methyl sites for hydroxylation is 1. The molecule has 1 heterocycles. The van der Waals surface area contributed by atoms with Crippen LogP contribution in [0.3, 0.4) is 0 Å². The number of hydrogen-bond acceptors (Lipinski definition) is 4. The maximum Gasteiger partial charge on any atom is 0.411 e. The number of pyridine rings is 1. The van der Waals surface area contributed by atoms with Gasteiger partial charge in [-0.05, 0) is 45.6 Å². The van der Waals surface area contributed by atoms with E-state index in [1.807, 2.05) is 83.7 Å². The number of para-hydroxylation sites is 1. The Bertz CT molecular complexity index is 1490. The number of fused-ring (bicyclic) bond motifs is 1. The van der Waals surface area contributed by atoms with E-state index in [0.29, 0.717) is 11.3 Å². The van der Waals surface area contributed by atoms with Crippen LogP contribution >= 0.6 is 15.9 Å². The van der Waals surface area contributed by atoms with Crippen LogP contribution in [0, 0.1) is 0 Å². The first-order valence-corrected chi connectivity index (χ1v) is 14.2. The van der Waals surface area contributed by atoms with Gasteiger partial charge in [-0.25, -0.2) is 14.2 Å². The number of benzene rings is 3. The standard InChI is InChI=1S/C31H32BrN5O4/c1-2-17-36-21-24(20-25(32)22-36)29(38)37(26-11-4-3-5-12-26)18-15-33-30(39)34-16-19-41-31(40)35-28-14-8-10-23-9-6-7-13-27(23)28/h3-14,20-22H,2,15-19H2,1H3,(H2-,33,34,35,39,40)/p+1. The lowest BCUT2D eigenvalue weighted by Gasteiger charge is -2.23. The highest BCUT2D eigenvalue weighted by atomic mass is 79.9. The number of carbonyl (C=O) groups is 3. The van der Waals surface area contributed by atoms with E-state index in [1.54, 1.807) is 17.0 Å². The summed E-state index contributed by atoms with van der Waals surface area (Å²) in [7, 11) is 0. The minimum absolute atomic E-state index is 0.000704. The van der Waals surface area contributed by atoms with Gasteiger partial charge in [-0.1, -0.05) is 61.5 Å². The van der Waals surface area contributed by atoms with Gasteiger partial charge in [0.2, 0.25) is 0 Å². The number of anilines is 2. The molecule has 0 saturated heterocycles. The molecule has 3 N–H and O–H groups in total. The molecule has 0 fully saturated rings. The molecule has 0 aliphatic carbocycles. The summed E-state index contributed by atoms with van der Waals surface area (Å²) in [6, 6.07) is 24.0. The summed E-state index contributed by atoms with van der Waals surface area (Å²) in [5.41, 5.74) is 1.92.